The fourth-order valence-electron chi connectivity index (χ4n) is 4.03. The molecule has 0 spiro atoms. The molecular weight excluding hydrogens is 416 g/mol. The molecule has 2 aromatic carbocycles. The minimum atomic E-state index is 0.0152. The summed E-state index contributed by atoms with van der Waals surface area (Å²) in [7, 11) is 1.63. The molecule has 7 nitrogen and oxygen atoms in total. The van der Waals surface area contributed by atoms with Crippen LogP contribution in [0.2, 0.25) is 0 Å². The largest absolute Gasteiger partial charge is 0.497 e. The van der Waals surface area contributed by atoms with Gasteiger partial charge in [-0.2, -0.15) is 0 Å². The Balaban J connectivity index is 1.20. The molecule has 4 rings (SSSR count). The monoisotopic (exact) mass is 446 g/mol. The average molecular weight is 447 g/mol. The van der Waals surface area contributed by atoms with Gasteiger partial charge in [0.2, 0.25) is 5.91 Å². The quantitative estimate of drug-likeness (QED) is 0.530. The van der Waals surface area contributed by atoms with Crippen molar-refractivity contribution in [3.05, 3.63) is 66.2 Å². The lowest BCUT2D eigenvalue weighted by molar-refractivity contribution is -0.125. The number of aryl methyl sites for hydroxylation is 1. The van der Waals surface area contributed by atoms with Crippen molar-refractivity contribution in [3.8, 4) is 22.8 Å². The zero-order chi connectivity index (χ0) is 23.0. The SMILES string of the molecule is COc1ccc(OCCNC(=O)C2CCN(c3ccc(-c4ccccc4C)nn3)CC2)cc1. The predicted octanol–water partition coefficient (Wildman–Crippen LogP) is 3.87. The average Bonchev–Trinajstić information content (AvgIpc) is 2.87. The first-order valence-corrected chi connectivity index (χ1v) is 11.3. The number of hydrogen-bond acceptors (Lipinski definition) is 6. The number of carbonyl (C=O) groups is 1. The van der Waals surface area contributed by atoms with E-state index in [9.17, 15) is 4.79 Å². The summed E-state index contributed by atoms with van der Waals surface area (Å²) >= 11 is 0. The standard InChI is InChI=1S/C26H30N4O3/c1-19-5-3-4-6-23(19)24-11-12-25(29-28-24)30-16-13-20(14-17-30)26(31)27-15-18-33-22-9-7-21(32-2)8-10-22/h3-12,20H,13-18H2,1-2H3,(H,27,31). The third-order valence-electron chi connectivity index (χ3n) is 5.99. The van der Waals surface area contributed by atoms with Gasteiger partial charge in [0.1, 0.15) is 18.1 Å². The number of hydrogen-bond donors (Lipinski definition) is 1. The number of piperidine rings is 1. The minimum Gasteiger partial charge on any atom is -0.497 e. The van der Waals surface area contributed by atoms with Gasteiger partial charge in [-0.25, -0.2) is 0 Å². The summed E-state index contributed by atoms with van der Waals surface area (Å²) in [6, 6.07) is 19.6. The van der Waals surface area contributed by atoms with Gasteiger partial charge in [-0.15, -0.1) is 10.2 Å². The minimum absolute atomic E-state index is 0.0152. The van der Waals surface area contributed by atoms with E-state index in [1.165, 1.54) is 5.56 Å². The highest BCUT2D eigenvalue weighted by Gasteiger charge is 2.25. The maximum absolute atomic E-state index is 12.5. The summed E-state index contributed by atoms with van der Waals surface area (Å²) in [4.78, 5) is 14.7. The number of carbonyl (C=O) groups excluding carboxylic acids is 1. The summed E-state index contributed by atoms with van der Waals surface area (Å²) in [6.07, 6.45) is 1.60. The molecule has 1 N–H and O–H groups in total. The number of amides is 1. The Hall–Kier alpha value is -3.61. The molecule has 0 bridgehead atoms. The zero-order valence-electron chi connectivity index (χ0n) is 19.2. The molecule has 1 aromatic heterocycles. The van der Waals surface area contributed by atoms with Gasteiger partial charge >= 0.3 is 0 Å². The molecule has 1 aliphatic rings. The van der Waals surface area contributed by atoms with Crippen molar-refractivity contribution >= 4 is 11.7 Å². The molecule has 0 aliphatic carbocycles. The van der Waals surface area contributed by atoms with Crippen LogP contribution in [0.4, 0.5) is 5.82 Å². The lowest BCUT2D eigenvalue weighted by atomic mass is 9.96. The van der Waals surface area contributed by atoms with Crippen LogP contribution in [0.25, 0.3) is 11.3 Å². The molecule has 0 atom stereocenters. The Labute approximate surface area is 194 Å². The second-order valence-electron chi connectivity index (χ2n) is 8.17. The van der Waals surface area contributed by atoms with Crippen LogP contribution < -0.4 is 19.7 Å². The molecule has 33 heavy (non-hydrogen) atoms. The maximum Gasteiger partial charge on any atom is 0.223 e. The van der Waals surface area contributed by atoms with Crippen LogP contribution in [-0.2, 0) is 4.79 Å². The first kappa shape index (κ1) is 22.6. The maximum atomic E-state index is 12.5. The number of benzene rings is 2. The first-order valence-electron chi connectivity index (χ1n) is 11.3. The Kier molecular flexibility index (Phi) is 7.40. The van der Waals surface area contributed by atoms with Gasteiger partial charge in [0.15, 0.2) is 5.82 Å². The van der Waals surface area contributed by atoms with Crippen molar-refractivity contribution in [3.63, 3.8) is 0 Å². The van der Waals surface area contributed by atoms with E-state index in [0.29, 0.717) is 13.2 Å². The first-order chi connectivity index (χ1) is 16.1. The third-order valence-corrected chi connectivity index (χ3v) is 5.99. The highest BCUT2D eigenvalue weighted by Crippen LogP contribution is 2.25. The lowest BCUT2D eigenvalue weighted by Crippen LogP contribution is -2.41. The van der Waals surface area contributed by atoms with Gasteiger partial charge in [-0.3, -0.25) is 4.79 Å². The number of nitrogens with one attached hydrogen (secondary N) is 1. The second-order valence-corrected chi connectivity index (χ2v) is 8.17. The van der Waals surface area contributed by atoms with Crippen molar-refractivity contribution in [2.75, 3.05) is 38.3 Å². The normalized spacial score (nSPS) is 14.1. The number of ether oxygens (including phenoxy) is 2. The predicted molar refractivity (Wildman–Crippen MR) is 129 cm³/mol. The van der Waals surface area contributed by atoms with E-state index in [2.05, 4.69) is 39.5 Å². The molecule has 2 heterocycles. The van der Waals surface area contributed by atoms with Crippen molar-refractivity contribution in [1.29, 1.82) is 0 Å². The Morgan fingerprint density at radius 1 is 1.00 bits per heavy atom. The van der Waals surface area contributed by atoms with Crippen LogP contribution in [0.5, 0.6) is 11.5 Å². The van der Waals surface area contributed by atoms with E-state index in [1.807, 2.05) is 48.5 Å². The van der Waals surface area contributed by atoms with E-state index in [1.54, 1.807) is 7.11 Å². The topological polar surface area (TPSA) is 76.6 Å². The smallest absolute Gasteiger partial charge is 0.223 e. The third kappa shape index (κ3) is 5.80. The molecule has 0 radical (unpaired) electrons. The summed E-state index contributed by atoms with van der Waals surface area (Å²) < 4.78 is 10.8. The molecule has 0 unspecified atom stereocenters. The number of methoxy groups -OCH3 is 1. The molecule has 1 fully saturated rings. The highest BCUT2D eigenvalue weighted by molar-refractivity contribution is 5.79. The van der Waals surface area contributed by atoms with Crippen molar-refractivity contribution in [1.82, 2.24) is 15.5 Å². The van der Waals surface area contributed by atoms with Gasteiger partial charge in [0, 0.05) is 24.6 Å². The molecular formula is C26H30N4O3. The molecule has 1 aliphatic heterocycles. The lowest BCUT2D eigenvalue weighted by Gasteiger charge is -2.31. The van der Waals surface area contributed by atoms with Gasteiger partial charge in [-0.05, 0) is 61.7 Å². The Bertz CT molecular complexity index is 1050. The van der Waals surface area contributed by atoms with E-state index in [4.69, 9.17) is 9.47 Å². The molecule has 0 saturated carbocycles. The van der Waals surface area contributed by atoms with Crippen LogP contribution in [0.15, 0.2) is 60.7 Å². The number of aromatic nitrogens is 2. The number of rotatable bonds is 8. The summed E-state index contributed by atoms with van der Waals surface area (Å²) in [5.41, 5.74) is 3.16. The number of anilines is 1. The van der Waals surface area contributed by atoms with Crippen LogP contribution in [0.3, 0.4) is 0 Å². The summed E-state index contributed by atoms with van der Waals surface area (Å²) in [5.74, 6) is 2.51. The van der Waals surface area contributed by atoms with Gasteiger partial charge in [-0.1, -0.05) is 24.3 Å². The summed E-state index contributed by atoms with van der Waals surface area (Å²) in [6.45, 7) is 4.57. The fraction of sp³-hybridized carbons (Fsp3) is 0.346. The van der Waals surface area contributed by atoms with Crippen LogP contribution in [0, 0.1) is 12.8 Å². The van der Waals surface area contributed by atoms with Crippen LogP contribution in [0.1, 0.15) is 18.4 Å². The van der Waals surface area contributed by atoms with Crippen molar-refractivity contribution in [2.24, 2.45) is 5.92 Å². The van der Waals surface area contributed by atoms with E-state index in [-0.39, 0.29) is 11.8 Å². The van der Waals surface area contributed by atoms with Gasteiger partial charge in [0.25, 0.3) is 0 Å². The Morgan fingerprint density at radius 3 is 2.39 bits per heavy atom. The Morgan fingerprint density at radius 2 is 1.73 bits per heavy atom. The molecule has 172 valence electrons. The van der Waals surface area contributed by atoms with Gasteiger partial charge in [0.05, 0.1) is 19.3 Å². The zero-order valence-corrected chi connectivity index (χ0v) is 19.2. The number of nitrogens with zero attached hydrogens (tertiary/aromatic N) is 3. The van der Waals surface area contributed by atoms with Crippen molar-refractivity contribution < 1.29 is 14.3 Å². The van der Waals surface area contributed by atoms with E-state index < -0.39 is 0 Å². The molecule has 3 aromatic rings. The van der Waals surface area contributed by atoms with Crippen LogP contribution >= 0.6 is 0 Å². The van der Waals surface area contributed by atoms with E-state index >= 15 is 0 Å². The van der Waals surface area contributed by atoms with Crippen LogP contribution in [-0.4, -0.2) is 49.5 Å². The molecule has 7 heteroatoms. The molecule has 1 saturated heterocycles. The van der Waals surface area contributed by atoms with Crippen molar-refractivity contribution in [2.45, 2.75) is 19.8 Å². The van der Waals surface area contributed by atoms with E-state index in [0.717, 1.165) is 54.5 Å². The second kappa shape index (κ2) is 10.8. The summed E-state index contributed by atoms with van der Waals surface area (Å²) in [5, 5.41) is 11.9. The molecule has 1 amide bonds. The fourth-order valence-corrected chi connectivity index (χ4v) is 4.03. The highest BCUT2D eigenvalue weighted by atomic mass is 16.5. The van der Waals surface area contributed by atoms with Gasteiger partial charge < -0.3 is 19.7 Å².